The van der Waals surface area contributed by atoms with Crippen LogP contribution in [-0.4, -0.2) is 36.0 Å². The predicted octanol–water partition coefficient (Wildman–Crippen LogP) is 3.40. The highest BCUT2D eigenvalue weighted by molar-refractivity contribution is 7.89. The van der Waals surface area contributed by atoms with E-state index in [0.29, 0.717) is 30.0 Å². The maximum absolute atomic E-state index is 12.3. The highest BCUT2D eigenvalue weighted by atomic mass is 32.2. The minimum absolute atomic E-state index is 0.141. The van der Waals surface area contributed by atoms with Crippen LogP contribution in [0, 0.1) is 0 Å². The fourth-order valence-electron chi connectivity index (χ4n) is 2.61. The van der Waals surface area contributed by atoms with Gasteiger partial charge >= 0.3 is 0 Å². The molecule has 0 fully saturated rings. The van der Waals surface area contributed by atoms with Crippen molar-refractivity contribution in [1.29, 1.82) is 0 Å². The lowest BCUT2D eigenvalue weighted by Gasteiger charge is -2.13. The van der Waals surface area contributed by atoms with Gasteiger partial charge < -0.3 is 10.6 Å². The molecule has 0 atom stereocenters. The molecule has 0 spiro atoms. The zero-order valence-electron chi connectivity index (χ0n) is 16.5. The molecule has 29 heavy (non-hydrogen) atoms. The van der Waals surface area contributed by atoms with E-state index in [1.807, 2.05) is 44.2 Å². The quantitative estimate of drug-likeness (QED) is 0.520. The molecule has 3 rings (SSSR count). The summed E-state index contributed by atoms with van der Waals surface area (Å²) in [5.41, 5.74) is 1.41. The zero-order valence-corrected chi connectivity index (χ0v) is 17.4. The van der Waals surface area contributed by atoms with E-state index in [9.17, 15) is 8.42 Å². The third-order valence-corrected chi connectivity index (χ3v) is 5.36. The number of hydrogen-bond acceptors (Lipinski definition) is 7. The van der Waals surface area contributed by atoms with Crippen molar-refractivity contribution in [1.82, 2.24) is 19.7 Å². The molecule has 2 aromatic carbocycles. The maximum Gasteiger partial charge on any atom is 0.240 e. The fraction of sp³-hybridized carbons (Fsp3) is 0.250. The Hall–Kier alpha value is -3.04. The van der Waals surface area contributed by atoms with Gasteiger partial charge in [0, 0.05) is 23.8 Å². The first-order valence-corrected chi connectivity index (χ1v) is 10.8. The maximum atomic E-state index is 12.3. The van der Waals surface area contributed by atoms with E-state index in [2.05, 4.69) is 30.3 Å². The van der Waals surface area contributed by atoms with Crippen LogP contribution in [-0.2, 0) is 10.0 Å². The van der Waals surface area contributed by atoms with Gasteiger partial charge in [0.1, 0.15) is 0 Å². The van der Waals surface area contributed by atoms with Crippen molar-refractivity contribution in [2.24, 2.45) is 0 Å². The number of nitrogens with zero attached hydrogens (tertiary/aromatic N) is 3. The van der Waals surface area contributed by atoms with E-state index in [0.717, 1.165) is 5.56 Å². The van der Waals surface area contributed by atoms with Crippen molar-refractivity contribution in [3.63, 3.8) is 0 Å². The Balaban J connectivity index is 1.96. The van der Waals surface area contributed by atoms with Crippen molar-refractivity contribution in [3.05, 3.63) is 54.6 Å². The summed E-state index contributed by atoms with van der Waals surface area (Å²) in [6, 6.07) is 16.2. The number of rotatable bonds is 8. The second-order valence-corrected chi connectivity index (χ2v) is 8.39. The van der Waals surface area contributed by atoms with Crippen LogP contribution in [0.4, 0.5) is 17.6 Å². The monoisotopic (exact) mass is 412 g/mol. The van der Waals surface area contributed by atoms with E-state index in [1.165, 1.54) is 6.07 Å². The Labute approximate surface area is 170 Å². The molecule has 0 saturated carbocycles. The number of aromatic nitrogens is 3. The van der Waals surface area contributed by atoms with E-state index in [1.54, 1.807) is 25.1 Å². The van der Waals surface area contributed by atoms with Crippen molar-refractivity contribution >= 4 is 27.6 Å². The van der Waals surface area contributed by atoms with Gasteiger partial charge in [-0.1, -0.05) is 43.3 Å². The molecule has 3 N–H and O–H groups in total. The lowest BCUT2D eigenvalue weighted by molar-refractivity contribution is 0.584. The van der Waals surface area contributed by atoms with E-state index in [4.69, 9.17) is 0 Å². The second kappa shape index (κ2) is 8.97. The molecule has 0 unspecified atom stereocenters. The Morgan fingerprint density at radius 1 is 0.931 bits per heavy atom. The summed E-state index contributed by atoms with van der Waals surface area (Å²) in [6.45, 7) is 6.04. The predicted molar refractivity (Wildman–Crippen MR) is 115 cm³/mol. The molecule has 0 aliphatic rings. The van der Waals surface area contributed by atoms with Gasteiger partial charge in [0.15, 0.2) is 5.82 Å². The minimum Gasteiger partial charge on any atom is -0.352 e. The first-order valence-electron chi connectivity index (χ1n) is 9.32. The molecule has 1 aromatic heterocycles. The summed E-state index contributed by atoms with van der Waals surface area (Å²) in [5.74, 6) is 1.27. The number of benzene rings is 2. The molecule has 3 aromatic rings. The molecule has 0 aliphatic heterocycles. The molecule has 0 saturated heterocycles. The van der Waals surface area contributed by atoms with E-state index >= 15 is 0 Å². The Morgan fingerprint density at radius 2 is 1.66 bits per heavy atom. The Bertz CT molecular complexity index is 1070. The topological polar surface area (TPSA) is 109 Å². The van der Waals surface area contributed by atoms with Crippen LogP contribution in [0.25, 0.3) is 11.4 Å². The highest BCUT2D eigenvalue weighted by Crippen LogP contribution is 2.22. The summed E-state index contributed by atoms with van der Waals surface area (Å²) in [6.07, 6.45) is 0. The molecule has 1 heterocycles. The molecule has 0 amide bonds. The van der Waals surface area contributed by atoms with Gasteiger partial charge in [0.2, 0.25) is 21.9 Å². The molecule has 0 bridgehead atoms. The van der Waals surface area contributed by atoms with Crippen LogP contribution in [0.5, 0.6) is 0 Å². The molecular weight excluding hydrogens is 388 g/mol. The Morgan fingerprint density at radius 3 is 2.34 bits per heavy atom. The lowest BCUT2D eigenvalue weighted by atomic mass is 10.2. The van der Waals surface area contributed by atoms with Crippen LogP contribution < -0.4 is 15.4 Å². The zero-order chi connectivity index (χ0) is 20.9. The molecular formula is C20H24N6O2S. The van der Waals surface area contributed by atoms with E-state index < -0.39 is 10.0 Å². The van der Waals surface area contributed by atoms with Crippen LogP contribution in [0.2, 0.25) is 0 Å². The lowest BCUT2D eigenvalue weighted by Crippen LogP contribution is -2.23. The van der Waals surface area contributed by atoms with Crippen molar-refractivity contribution in [3.8, 4) is 11.4 Å². The summed E-state index contributed by atoms with van der Waals surface area (Å²) in [7, 11) is -3.56. The smallest absolute Gasteiger partial charge is 0.240 e. The standard InChI is InChI=1S/C20H24N6O2S/c1-4-21-29(27,28)17-12-8-11-16(13-17)23-20-25-18(15-9-6-5-7-10-15)24-19(26-20)22-14(2)3/h5-14,21H,4H2,1-3H3,(H2,22,23,24,25,26). The fourth-order valence-corrected chi connectivity index (χ4v) is 3.70. The summed E-state index contributed by atoms with van der Waals surface area (Å²) >= 11 is 0. The van der Waals surface area contributed by atoms with Crippen LogP contribution >= 0.6 is 0 Å². The molecule has 0 aliphatic carbocycles. The van der Waals surface area contributed by atoms with Gasteiger partial charge in [-0.2, -0.15) is 15.0 Å². The number of anilines is 3. The average molecular weight is 413 g/mol. The number of hydrogen-bond donors (Lipinski definition) is 3. The van der Waals surface area contributed by atoms with Crippen molar-refractivity contribution in [2.45, 2.75) is 31.7 Å². The number of nitrogens with one attached hydrogen (secondary N) is 3. The summed E-state index contributed by atoms with van der Waals surface area (Å²) in [4.78, 5) is 13.6. The van der Waals surface area contributed by atoms with Crippen LogP contribution in [0.15, 0.2) is 59.5 Å². The minimum atomic E-state index is -3.56. The largest absolute Gasteiger partial charge is 0.352 e. The summed E-state index contributed by atoms with van der Waals surface area (Å²) < 4.78 is 27.0. The van der Waals surface area contributed by atoms with Gasteiger partial charge in [-0.3, -0.25) is 0 Å². The summed E-state index contributed by atoms with van der Waals surface area (Å²) in [5, 5.41) is 6.27. The second-order valence-electron chi connectivity index (χ2n) is 6.63. The molecule has 9 heteroatoms. The van der Waals surface area contributed by atoms with Crippen LogP contribution in [0.1, 0.15) is 20.8 Å². The third-order valence-electron chi connectivity index (χ3n) is 3.82. The van der Waals surface area contributed by atoms with Crippen LogP contribution in [0.3, 0.4) is 0 Å². The SMILES string of the molecule is CCNS(=O)(=O)c1cccc(Nc2nc(NC(C)C)nc(-c3ccccc3)n2)c1. The average Bonchev–Trinajstić information content (AvgIpc) is 2.68. The van der Waals surface area contributed by atoms with E-state index in [-0.39, 0.29) is 10.9 Å². The first kappa shape index (κ1) is 20.7. The van der Waals surface area contributed by atoms with Gasteiger partial charge in [-0.15, -0.1) is 0 Å². The normalized spacial score (nSPS) is 11.4. The van der Waals surface area contributed by atoms with Gasteiger partial charge in [0.25, 0.3) is 0 Å². The van der Waals surface area contributed by atoms with Crippen molar-refractivity contribution < 1.29 is 8.42 Å². The van der Waals surface area contributed by atoms with Gasteiger partial charge in [-0.25, -0.2) is 13.1 Å². The third kappa shape index (κ3) is 5.49. The van der Waals surface area contributed by atoms with Crippen molar-refractivity contribution in [2.75, 3.05) is 17.2 Å². The molecule has 0 radical (unpaired) electrons. The number of sulfonamides is 1. The molecule has 8 nitrogen and oxygen atoms in total. The van der Waals surface area contributed by atoms with Gasteiger partial charge in [0.05, 0.1) is 4.90 Å². The Kier molecular flexibility index (Phi) is 6.40. The highest BCUT2D eigenvalue weighted by Gasteiger charge is 2.14. The molecule has 152 valence electrons. The van der Waals surface area contributed by atoms with Gasteiger partial charge in [-0.05, 0) is 32.0 Å². The first-order chi connectivity index (χ1) is 13.9.